The lowest BCUT2D eigenvalue weighted by molar-refractivity contribution is 0.389. The van der Waals surface area contributed by atoms with Crippen molar-refractivity contribution in [3.8, 4) is 5.82 Å². The van der Waals surface area contributed by atoms with Gasteiger partial charge in [0.15, 0.2) is 5.82 Å². The molecule has 27 heavy (non-hydrogen) atoms. The molecule has 1 aliphatic rings. The lowest BCUT2D eigenvalue weighted by atomic mass is 10.2. The van der Waals surface area contributed by atoms with Gasteiger partial charge >= 0.3 is 0 Å². The maximum absolute atomic E-state index is 13.2. The van der Waals surface area contributed by atoms with Gasteiger partial charge in [0.05, 0.1) is 29.0 Å². The molecule has 1 aromatic carbocycles. The van der Waals surface area contributed by atoms with Crippen LogP contribution >= 0.6 is 0 Å². The summed E-state index contributed by atoms with van der Waals surface area (Å²) in [6, 6.07) is 4.48. The fourth-order valence-electron chi connectivity index (χ4n) is 3.33. The van der Waals surface area contributed by atoms with Crippen molar-refractivity contribution in [1.29, 1.82) is 0 Å². The molecule has 0 saturated carbocycles. The molecular weight excluding hydrogens is 369 g/mol. The van der Waals surface area contributed by atoms with Crippen molar-refractivity contribution in [1.82, 2.24) is 23.8 Å². The molecular formula is C18H18FN5O2S. The van der Waals surface area contributed by atoms with Crippen molar-refractivity contribution in [3.05, 3.63) is 66.4 Å². The van der Waals surface area contributed by atoms with E-state index in [1.54, 1.807) is 29.4 Å². The summed E-state index contributed by atoms with van der Waals surface area (Å²) in [7, 11) is -3.75. The van der Waals surface area contributed by atoms with Gasteiger partial charge in [-0.1, -0.05) is 0 Å². The number of rotatable bonds is 4. The second kappa shape index (κ2) is 6.82. The minimum absolute atomic E-state index is 0.0744. The van der Waals surface area contributed by atoms with Crippen LogP contribution in [-0.4, -0.2) is 38.8 Å². The number of aromatic nitrogens is 4. The Morgan fingerprint density at radius 2 is 1.96 bits per heavy atom. The lowest BCUT2D eigenvalue weighted by Gasteiger charge is -2.24. The average Bonchev–Trinajstić information content (AvgIpc) is 3.31. The van der Waals surface area contributed by atoms with Gasteiger partial charge < -0.3 is 0 Å². The average molecular weight is 387 g/mol. The van der Waals surface area contributed by atoms with Crippen LogP contribution < -0.4 is 0 Å². The summed E-state index contributed by atoms with van der Waals surface area (Å²) < 4.78 is 42.5. The molecule has 3 aromatic rings. The highest BCUT2D eigenvalue weighted by atomic mass is 32.2. The van der Waals surface area contributed by atoms with Gasteiger partial charge in [-0.15, -0.1) is 0 Å². The van der Waals surface area contributed by atoms with Crippen LogP contribution in [0, 0.1) is 12.7 Å². The minimum atomic E-state index is -3.75. The third-order valence-electron chi connectivity index (χ3n) is 4.68. The molecule has 1 atom stereocenters. The molecule has 0 aliphatic carbocycles. The largest absolute Gasteiger partial charge is 0.287 e. The predicted octanol–water partition coefficient (Wildman–Crippen LogP) is 2.64. The highest BCUT2D eigenvalue weighted by Gasteiger charge is 2.37. The first-order chi connectivity index (χ1) is 13.0. The van der Waals surface area contributed by atoms with E-state index in [2.05, 4.69) is 15.0 Å². The third-order valence-corrected chi connectivity index (χ3v) is 6.60. The number of hydrogen-bond donors (Lipinski definition) is 0. The summed E-state index contributed by atoms with van der Waals surface area (Å²) >= 11 is 0. The van der Waals surface area contributed by atoms with E-state index in [1.165, 1.54) is 16.4 Å². The van der Waals surface area contributed by atoms with Crippen molar-refractivity contribution < 1.29 is 12.8 Å². The summed E-state index contributed by atoms with van der Waals surface area (Å²) in [5.41, 5.74) is 0.587. The van der Waals surface area contributed by atoms with Crippen molar-refractivity contribution in [2.75, 3.05) is 6.54 Å². The number of nitrogens with zero attached hydrogens (tertiary/aromatic N) is 5. The number of halogens is 1. The zero-order chi connectivity index (χ0) is 19.0. The van der Waals surface area contributed by atoms with E-state index in [0.717, 1.165) is 24.4 Å². The minimum Gasteiger partial charge on any atom is -0.287 e. The zero-order valence-corrected chi connectivity index (χ0v) is 15.5. The number of aryl methyl sites for hydroxylation is 1. The van der Waals surface area contributed by atoms with Crippen LogP contribution in [0.25, 0.3) is 5.82 Å². The Labute approximate surface area is 156 Å². The molecule has 0 N–H and O–H groups in total. The first kappa shape index (κ1) is 17.7. The molecule has 1 aliphatic heterocycles. The molecule has 1 saturated heterocycles. The Bertz CT molecular complexity index is 1070. The van der Waals surface area contributed by atoms with Crippen LogP contribution in [0.15, 0.2) is 53.9 Å². The topological polar surface area (TPSA) is 81.0 Å². The van der Waals surface area contributed by atoms with Crippen LogP contribution in [0.2, 0.25) is 0 Å². The monoisotopic (exact) mass is 387 g/mol. The second-order valence-electron chi connectivity index (χ2n) is 6.37. The number of hydrogen-bond acceptors (Lipinski definition) is 5. The van der Waals surface area contributed by atoms with Crippen molar-refractivity contribution in [2.24, 2.45) is 0 Å². The van der Waals surface area contributed by atoms with Gasteiger partial charge in [0.2, 0.25) is 10.0 Å². The maximum Gasteiger partial charge on any atom is 0.243 e. The van der Waals surface area contributed by atoms with E-state index < -0.39 is 21.9 Å². The van der Waals surface area contributed by atoms with E-state index >= 15 is 0 Å². The molecule has 140 valence electrons. The van der Waals surface area contributed by atoms with Crippen LogP contribution in [0.4, 0.5) is 4.39 Å². The van der Waals surface area contributed by atoms with Gasteiger partial charge in [0.25, 0.3) is 0 Å². The summed E-state index contributed by atoms with van der Waals surface area (Å²) in [4.78, 5) is 13.1. The molecule has 4 rings (SSSR count). The van der Waals surface area contributed by atoms with Crippen LogP contribution in [-0.2, 0) is 10.0 Å². The molecule has 0 spiro atoms. The van der Waals surface area contributed by atoms with E-state index in [0.29, 0.717) is 24.5 Å². The van der Waals surface area contributed by atoms with Crippen molar-refractivity contribution >= 4 is 10.0 Å². The fraction of sp³-hybridized carbons (Fsp3) is 0.278. The van der Waals surface area contributed by atoms with E-state index in [9.17, 15) is 12.8 Å². The highest BCUT2D eigenvalue weighted by molar-refractivity contribution is 7.89. The fourth-order valence-corrected chi connectivity index (χ4v) is 5.00. The predicted molar refractivity (Wildman–Crippen MR) is 96.2 cm³/mol. The van der Waals surface area contributed by atoms with Crippen molar-refractivity contribution in [3.63, 3.8) is 0 Å². The van der Waals surface area contributed by atoms with Gasteiger partial charge in [-0.25, -0.2) is 22.8 Å². The molecule has 1 fully saturated rings. The van der Waals surface area contributed by atoms with Gasteiger partial charge in [-0.05, 0) is 44.0 Å². The SMILES string of the molecule is Cc1nccn1-c1cncc([C@H]2CCCN2S(=O)(=O)c2ccc(F)cc2)n1. The number of imidazole rings is 1. The second-order valence-corrected chi connectivity index (χ2v) is 8.26. The molecule has 3 heterocycles. The van der Waals surface area contributed by atoms with E-state index in [-0.39, 0.29) is 4.90 Å². The number of benzene rings is 1. The Kier molecular flexibility index (Phi) is 4.48. The smallest absolute Gasteiger partial charge is 0.243 e. The molecule has 9 heteroatoms. The maximum atomic E-state index is 13.2. The summed E-state index contributed by atoms with van der Waals surface area (Å²) in [6.07, 6.45) is 8.04. The quantitative estimate of drug-likeness (QED) is 0.687. The summed E-state index contributed by atoms with van der Waals surface area (Å²) in [6.45, 7) is 2.25. The van der Waals surface area contributed by atoms with Gasteiger partial charge in [-0.3, -0.25) is 9.55 Å². The first-order valence-corrected chi connectivity index (χ1v) is 10.0. The van der Waals surface area contributed by atoms with Crippen LogP contribution in [0.3, 0.4) is 0 Å². The van der Waals surface area contributed by atoms with E-state index in [4.69, 9.17) is 0 Å². The molecule has 7 nitrogen and oxygen atoms in total. The Balaban J connectivity index is 1.70. The van der Waals surface area contributed by atoms with Gasteiger partial charge in [0, 0.05) is 18.9 Å². The Morgan fingerprint density at radius 3 is 2.67 bits per heavy atom. The number of sulfonamides is 1. The molecule has 0 bridgehead atoms. The first-order valence-electron chi connectivity index (χ1n) is 8.56. The molecule has 0 radical (unpaired) electrons. The van der Waals surface area contributed by atoms with Crippen LogP contribution in [0.5, 0.6) is 0 Å². The normalized spacial score (nSPS) is 18.1. The Hall–Kier alpha value is -2.65. The van der Waals surface area contributed by atoms with Crippen molar-refractivity contribution in [2.45, 2.75) is 30.7 Å². The lowest BCUT2D eigenvalue weighted by Crippen LogP contribution is -2.31. The Morgan fingerprint density at radius 1 is 1.19 bits per heavy atom. The third kappa shape index (κ3) is 3.24. The molecule has 0 unspecified atom stereocenters. The molecule has 0 amide bonds. The zero-order valence-electron chi connectivity index (χ0n) is 14.7. The standard InChI is InChI=1S/C18H18FN5O2S/c1-13-21-8-10-23(13)18-12-20-11-16(22-18)17-3-2-9-24(17)27(25,26)15-6-4-14(19)5-7-15/h4-8,10-12,17H,2-3,9H2,1H3/t17-/m1/s1. The van der Waals surface area contributed by atoms with Gasteiger partial charge in [0.1, 0.15) is 11.6 Å². The summed E-state index contributed by atoms with van der Waals surface area (Å²) in [5, 5.41) is 0. The molecule has 2 aromatic heterocycles. The highest BCUT2D eigenvalue weighted by Crippen LogP contribution is 2.35. The van der Waals surface area contributed by atoms with Crippen LogP contribution in [0.1, 0.15) is 30.4 Å². The van der Waals surface area contributed by atoms with E-state index in [1.807, 2.05) is 6.92 Å². The summed E-state index contributed by atoms with van der Waals surface area (Å²) in [5.74, 6) is 0.887. The van der Waals surface area contributed by atoms with Gasteiger partial charge in [-0.2, -0.15) is 4.31 Å².